The van der Waals surface area contributed by atoms with Crippen molar-refractivity contribution < 1.29 is 14.7 Å². The number of aliphatic carboxylic acids is 1. The first-order valence-electron chi connectivity index (χ1n) is 7.53. The van der Waals surface area contributed by atoms with Gasteiger partial charge >= 0.3 is 12.0 Å². The summed E-state index contributed by atoms with van der Waals surface area (Å²) in [5.41, 5.74) is 0. The van der Waals surface area contributed by atoms with Crippen LogP contribution in [0.1, 0.15) is 38.5 Å². The lowest BCUT2D eigenvalue weighted by Gasteiger charge is -2.37. The van der Waals surface area contributed by atoms with Gasteiger partial charge in [-0.1, -0.05) is 0 Å². The highest BCUT2D eigenvalue weighted by atomic mass is 16.4. The van der Waals surface area contributed by atoms with E-state index in [4.69, 9.17) is 5.11 Å². The molecule has 114 valence electrons. The summed E-state index contributed by atoms with van der Waals surface area (Å²) in [5.74, 6) is -0.827. The SMILES string of the molecule is CN1CCCC(NC(=O)N2CCCCC2CC(=O)O)C1. The summed E-state index contributed by atoms with van der Waals surface area (Å²) in [5, 5.41) is 12.0. The van der Waals surface area contributed by atoms with E-state index in [1.165, 1.54) is 0 Å². The monoisotopic (exact) mass is 283 g/mol. The van der Waals surface area contributed by atoms with Crippen LogP contribution in [-0.2, 0) is 4.79 Å². The fourth-order valence-electron chi connectivity index (χ4n) is 3.22. The number of carboxylic acids is 1. The zero-order chi connectivity index (χ0) is 14.5. The van der Waals surface area contributed by atoms with Gasteiger partial charge in [-0.05, 0) is 45.7 Å². The normalized spacial score (nSPS) is 28.1. The second-order valence-electron chi connectivity index (χ2n) is 5.99. The first-order chi connectivity index (χ1) is 9.56. The summed E-state index contributed by atoms with van der Waals surface area (Å²) in [4.78, 5) is 27.2. The Bertz CT molecular complexity index is 362. The number of amides is 2. The molecule has 0 bridgehead atoms. The molecule has 2 heterocycles. The van der Waals surface area contributed by atoms with Gasteiger partial charge in [0.1, 0.15) is 0 Å². The minimum Gasteiger partial charge on any atom is -0.481 e. The van der Waals surface area contributed by atoms with Crippen LogP contribution in [0.5, 0.6) is 0 Å². The predicted molar refractivity (Wildman–Crippen MR) is 75.6 cm³/mol. The molecule has 0 aromatic rings. The summed E-state index contributed by atoms with van der Waals surface area (Å²) < 4.78 is 0. The van der Waals surface area contributed by atoms with Crippen LogP contribution in [0.25, 0.3) is 0 Å². The maximum atomic E-state index is 12.4. The average Bonchev–Trinajstić information content (AvgIpc) is 2.38. The minimum atomic E-state index is -0.827. The Kier molecular flexibility index (Phi) is 5.23. The molecule has 0 radical (unpaired) electrons. The second kappa shape index (κ2) is 6.92. The van der Waals surface area contributed by atoms with Crippen LogP contribution >= 0.6 is 0 Å². The molecule has 20 heavy (non-hydrogen) atoms. The summed E-state index contributed by atoms with van der Waals surface area (Å²) in [6.45, 7) is 2.63. The zero-order valence-electron chi connectivity index (χ0n) is 12.2. The number of carboxylic acid groups (broad SMARTS) is 1. The standard InChI is InChI=1S/C14H25N3O3/c1-16-7-4-5-11(10-16)15-14(20)17-8-3-2-6-12(17)9-13(18)19/h11-12H,2-10H2,1H3,(H,15,20)(H,18,19). The topological polar surface area (TPSA) is 72.9 Å². The number of carbonyl (C=O) groups is 2. The van der Waals surface area contributed by atoms with Crippen LogP contribution in [0.15, 0.2) is 0 Å². The number of urea groups is 1. The maximum absolute atomic E-state index is 12.4. The number of likely N-dealkylation sites (N-methyl/N-ethyl adjacent to an activating group) is 1. The highest BCUT2D eigenvalue weighted by Gasteiger charge is 2.30. The van der Waals surface area contributed by atoms with E-state index in [1.807, 2.05) is 0 Å². The van der Waals surface area contributed by atoms with Crippen molar-refractivity contribution in [2.75, 3.05) is 26.7 Å². The molecule has 2 fully saturated rings. The lowest BCUT2D eigenvalue weighted by atomic mass is 9.99. The highest BCUT2D eigenvalue weighted by molar-refractivity contribution is 5.76. The molecular weight excluding hydrogens is 258 g/mol. The van der Waals surface area contributed by atoms with E-state index < -0.39 is 5.97 Å². The summed E-state index contributed by atoms with van der Waals surface area (Å²) in [7, 11) is 2.06. The van der Waals surface area contributed by atoms with E-state index >= 15 is 0 Å². The third-order valence-electron chi connectivity index (χ3n) is 4.25. The van der Waals surface area contributed by atoms with E-state index in [1.54, 1.807) is 4.90 Å². The number of likely N-dealkylation sites (tertiary alicyclic amines) is 2. The molecule has 0 spiro atoms. The molecular formula is C14H25N3O3. The van der Waals surface area contributed by atoms with Gasteiger partial charge in [0.2, 0.25) is 0 Å². The van der Waals surface area contributed by atoms with Crippen LogP contribution < -0.4 is 5.32 Å². The molecule has 2 amide bonds. The smallest absolute Gasteiger partial charge is 0.317 e. The quantitative estimate of drug-likeness (QED) is 0.814. The maximum Gasteiger partial charge on any atom is 0.317 e. The number of hydrogen-bond donors (Lipinski definition) is 2. The van der Waals surface area contributed by atoms with Crippen LogP contribution in [0, 0.1) is 0 Å². The number of carbonyl (C=O) groups excluding carboxylic acids is 1. The molecule has 6 nitrogen and oxygen atoms in total. The molecule has 2 N–H and O–H groups in total. The van der Waals surface area contributed by atoms with Gasteiger partial charge in [-0.25, -0.2) is 4.79 Å². The van der Waals surface area contributed by atoms with Gasteiger partial charge in [-0.3, -0.25) is 4.79 Å². The van der Waals surface area contributed by atoms with Gasteiger partial charge in [-0.2, -0.15) is 0 Å². The van der Waals surface area contributed by atoms with E-state index in [0.29, 0.717) is 6.54 Å². The number of hydrogen-bond acceptors (Lipinski definition) is 3. The lowest BCUT2D eigenvalue weighted by molar-refractivity contribution is -0.138. The van der Waals surface area contributed by atoms with Crippen molar-refractivity contribution in [3.63, 3.8) is 0 Å². The molecule has 0 saturated carbocycles. The third-order valence-corrected chi connectivity index (χ3v) is 4.25. The van der Waals surface area contributed by atoms with Crippen LogP contribution in [0.4, 0.5) is 4.79 Å². The Morgan fingerprint density at radius 3 is 2.70 bits per heavy atom. The third kappa shape index (κ3) is 4.10. The van der Waals surface area contributed by atoms with E-state index in [2.05, 4.69) is 17.3 Å². The van der Waals surface area contributed by atoms with E-state index in [0.717, 1.165) is 45.2 Å². The molecule has 2 saturated heterocycles. The number of rotatable bonds is 3. The Hall–Kier alpha value is -1.30. The van der Waals surface area contributed by atoms with Gasteiger partial charge in [0.25, 0.3) is 0 Å². The van der Waals surface area contributed by atoms with E-state index in [-0.39, 0.29) is 24.5 Å². The molecule has 2 aliphatic heterocycles. The van der Waals surface area contributed by atoms with Crippen molar-refractivity contribution in [1.82, 2.24) is 15.1 Å². The molecule has 0 aromatic heterocycles. The first kappa shape index (κ1) is 15.1. The molecule has 2 unspecified atom stereocenters. The van der Waals surface area contributed by atoms with Crippen molar-refractivity contribution in [3.8, 4) is 0 Å². The first-order valence-corrected chi connectivity index (χ1v) is 7.53. The van der Waals surface area contributed by atoms with Crippen LogP contribution in [-0.4, -0.2) is 65.7 Å². The fraction of sp³-hybridized carbons (Fsp3) is 0.857. The van der Waals surface area contributed by atoms with Gasteiger partial charge in [-0.15, -0.1) is 0 Å². The summed E-state index contributed by atoms with van der Waals surface area (Å²) in [6, 6.07) is -0.0486. The van der Waals surface area contributed by atoms with Crippen LogP contribution in [0.3, 0.4) is 0 Å². The Morgan fingerprint density at radius 2 is 2.00 bits per heavy atom. The van der Waals surface area contributed by atoms with Gasteiger partial charge in [0.05, 0.1) is 6.42 Å². The molecule has 2 atom stereocenters. The molecule has 2 aliphatic rings. The Labute approximate surface area is 120 Å². The highest BCUT2D eigenvalue weighted by Crippen LogP contribution is 2.20. The average molecular weight is 283 g/mol. The van der Waals surface area contributed by atoms with Gasteiger partial charge in [0.15, 0.2) is 0 Å². The molecule has 0 aromatic carbocycles. The van der Waals surface area contributed by atoms with Crippen molar-refractivity contribution in [2.45, 2.75) is 50.6 Å². The molecule has 0 aliphatic carbocycles. The minimum absolute atomic E-state index is 0.0536. The van der Waals surface area contributed by atoms with Crippen LogP contribution in [0.2, 0.25) is 0 Å². The fourth-order valence-corrected chi connectivity index (χ4v) is 3.22. The lowest BCUT2D eigenvalue weighted by Crippen LogP contribution is -2.54. The zero-order valence-corrected chi connectivity index (χ0v) is 12.2. The van der Waals surface area contributed by atoms with E-state index in [9.17, 15) is 9.59 Å². The van der Waals surface area contributed by atoms with Gasteiger partial charge in [0, 0.05) is 25.2 Å². The Balaban J connectivity index is 1.90. The summed E-state index contributed by atoms with van der Waals surface area (Å²) >= 11 is 0. The number of piperidine rings is 2. The molecule has 6 heteroatoms. The van der Waals surface area contributed by atoms with Gasteiger partial charge < -0.3 is 20.2 Å². The largest absolute Gasteiger partial charge is 0.481 e. The summed E-state index contributed by atoms with van der Waals surface area (Å²) in [6.07, 6.45) is 4.93. The number of nitrogens with one attached hydrogen (secondary N) is 1. The van der Waals surface area contributed by atoms with Crippen molar-refractivity contribution >= 4 is 12.0 Å². The number of nitrogens with zero attached hydrogens (tertiary/aromatic N) is 2. The Morgan fingerprint density at radius 1 is 1.20 bits per heavy atom. The predicted octanol–water partition coefficient (Wildman–Crippen LogP) is 1.12. The second-order valence-corrected chi connectivity index (χ2v) is 5.99. The van der Waals surface area contributed by atoms with Crippen molar-refractivity contribution in [2.24, 2.45) is 0 Å². The molecule has 2 rings (SSSR count). The van der Waals surface area contributed by atoms with Crippen molar-refractivity contribution in [1.29, 1.82) is 0 Å². The van der Waals surface area contributed by atoms with Crippen molar-refractivity contribution in [3.05, 3.63) is 0 Å².